The van der Waals surface area contributed by atoms with E-state index in [9.17, 15) is 4.79 Å². The van der Waals surface area contributed by atoms with Gasteiger partial charge in [0, 0.05) is 23.8 Å². The Kier molecular flexibility index (Phi) is 4.71. The summed E-state index contributed by atoms with van der Waals surface area (Å²) in [5.74, 6) is -0.968. The van der Waals surface area contributed by atoms with Crippen LogP contribution in [0.3, 0.4) is 0 Å². The van der Waals surface area contributed by atoms with E-state index in [1.165, 1.54) is 6.20 Å². The van der Waals surface area contributed by atoms with Gasteiger partial charge in [-0.15, -0.1) is 0 Å². The molecule has 0 aliphatic carbocycles. The molecular formula is C15H15ClN2O2. The van der Waals surface area contributed by atoms with Crippen molar-refractivity contribution in [1.29, 1.82) is 0 Å². The Balaban J connectivity index is 1.96. The normalized spacial score (nSPS) is 12.1. The number of carbonyl (C=O) groups is 1. The zero-order valence-corrected chi connectivity index (χ0v) is 11.8. The van der Waals surface area contributed by atoms with Crippen LogP contribution in [0.1, 0.15) is 34.6 Å². The Hall–Kier alpha value is -1.91. The monoisotopic (exact) mass is 290 g/mol. The molecule has 20 heavy (non-hydrogen) atoms. The smallest absolute Gasteiger partial charge is 0.337 e. The molecule has 0 saturated carbocycles. The Labute approximate surface area is 122 Å². The van der Waals surface area contributed by atoms with Crippen molar-refractivity contribution in [1.82, 2.24) is 10.3 Å². The molecule has 4 nitrogen and oxygen atoms in total. The maximum absolute atomic E-state index is 10.7. The van der Waals surface area contributed by atoms with E-state index in [4.69, 9.17) is 16.7 Å². The summed E-state index contributed by atoms with van der Waals surface area (Å²) in [7, 11) is 0. The van der Waals surface area contributed by atoms with Crippen LogP contribution in [0.15, 0.2) is 42.6 Å². The van der Waals surface area contributed by atoms with Crippen molar-refractivity contribution in [3.63, 3.8) is 0 Å². The fraction of sp³-hybridized carbons (Fsp3) is 0.200. The molecule has 2 rings (SSSR count). The lowest BCUT2D eigenvalue weighted by Gasteiger charge is -2.14. The second-order valence-electron chi connectivity index (χ2n) is 4.50. The molecule has 2 N–H and O–H groups in total. The van der Waals surface area contributed by atoms with E-state index in [0.717, 1.165) is 11.3 Å². The fourth-order valence-corrected chi connectivity index (χ4v) is 2.01. The number of carboxylic acid groups (broad SMARTS) is 1. The average molecular weight is 291 g/mol. The molecule has 1 heterocycles. The molecule has 0 radical (unpaired) electrons. The molecule has 1 unspecified atom stereocenters. The number of halogens is 1. The lowest BCUT2D eigenvalue weighted by Crippen LogP contribution is -2.18. The molecule has 0 bridgehead atoms. The van der Waals surface area contributed by atoms with E-state index in [0.29, 0.717) is 11.6 Å². The van der Waals surface area contributed by atoms with Gasteiger partial charge in [-0.1, -0.05) is 23.7 Å². The van der Waals surface area contributed by atoms with Crippen LogP contribution < -0.4 is 5.32 Å². The van der Waals surface area contributed by atoms with Crippen molar-refractivity contribution >= 4 is 17.6 Å². The Morgan fingerprint density at radius 3 is 2.80 bits per heavy atom. The van der Waals surface area contributed by atoms with E-state index >= 15 is 0 Å². The van der Waals surface area contributed by atoms with Crippen molar-refractivity contribution in [2.24, 2.45) is 0 Å². The first-order valence-corrected chi connectivity index (χ1v) is 6.61. The molecule has 0 fully saturated rings. The van der Waals surface area contributed by atoms with Crippen LogP contribution in [-0.2, 0) is 6.54 Å². The molecule has 1 aromatic carbocycles. The van der Waals surface area contributed by atoms with Gasteiger partial charge in [0.1, 0.15) is 0 Å². The van der Waals surface area contributed by atoms with Crippen LogP contribution in [0.2, 0.25) is 5.02 Å². The van der Waals surface area contributed by atoms with E-state index in [-0.39, 0.29) is 11.6 Å². The molecule has 0 saturated heterocycles. The van der Waals surface area contributed by atoms with Gasteiger partial charge in [-0.05, 0) is 36.8 Å². The van der Waals surface area contributed by atoms with Gasteiger partial charge in [-0.2, -0.15) is 0 Å². The van der Waals surface area contributed by atoms with Gasteiger partial charge in [0.15, 0.2) is 0 Å². The van der Waals surface area contributed by atoms with Gasteiger partial charge in [-0.3, -0.25) is 4.98 Å². The zero-order valence-electron chi connectivity index (χ0n) is 11.0. The Morgan fingerprint density at radius 1 is 1.40 bits per heavy atom. The van der Waals surface area contributed by atoms with Crippen molar-refractivity contribution in [3.8, 4) is 0 Å². The van der Waals surface area contributed by atoms with Crippen LogP contribution in [0.25, 0.3) is 0 Å². The predicted molar refractivity (Wildman–Crippen MR) is 77.9 cm³/mol. The summed E-state index contributed by atoms with van der Waals surface area (Å²) in [5, 5.41) is 12.8. The number of nitrogens with zero attached hydrogens (tertiary/aromatic N) is 1. The molecule has 104 valence electrons. The van der Waals surface area contributed by atoms with Gasteiger partial charge in [0.05, 0.1) is 11.3 Å². The minimum absolute atomic E-state index is 0.134. The zero-order chi connectivity index (χ0) is 14.5. The van der Waals surface area contributed by atoms with E-state index < -0.39 is 5.97 Å². The molecule has 2 aromatic rings. The standard InChI is InChI=1S/C15H15ClN2O2/c1-10(11-3-2-4-13(16)7-11)17-9-14-6-5-12(8-18-14)15(19)20/h2-8,10,17H,9H2,1H3,(H,19,20). The Bertz CT molecular complexity index is 599. The van der Waals surface area contributed by atoms with Crippen LogP contribution in [-0.4, -0.2) is 16.1 Å². The van der Waals surface area contributed by atoms with Crippen LogP contribution in [0, 0.1) is 0 Å². The first-order valence-electron chi connectivity index (χ1n) is 6.23. The fourth-order valence-electron chi connectivity index (χ4n) is 1.81. The number of aromatic nitrogens is 1. The molecule has 5 heteroatoms. The number of rotatable bonds is 5. The van der Waals surface area contributed by atoms with Gasteiger partial charge in [0.2, 0.25) is 0 Å². The minimum atomic E-state index is -0.968. The predicted octanol–water partition coefficient (Wildman–Crippen LogP) is 3.28. The molecule has 0 amide bonds. The molecule has 0 aliphatic rings. The highest BCUT2D eigenvalue weighted by Gasteiger charge is 2.07. The van der Waals surface area contributed by atoms with Crippen molar-refractivity contribution in [2.75, 3.05) is 0 Å². The number of aromatic carboxylic acids is 1. The SMILES string of the molecule is CC(NCc1ccc(C(=O)O)cn1)c1cccc(Cl)c1. The lowest BCUT2D eigenvalue weighted by molar-refractivity contribution is 0.0696. The highest BCUT2D eigenvalue weighted by Crippen LogP contribution is 2.17. The van der Waals surface area contributed by atoms with Gasteiger partial charge in [0.25, 0.3) is 0 Å². The van der Waals surface area contributed by atoms with Crippen LogP contribution >= 0.6 is 11.6 Å². The molecule has 1 atom stereocenters. The maximum atomic E-state index is 10.7. The summed E-state index contributed by atoms with van der Waals surface area (Å²) >= 11 is 5.96. The summed E-state index contributed by atoms with van der Waals surface area (Å²) in [5.41, 5.74) is 2.08. The number of carboxylic acids is 1. The number of nitrogens with one attached hydrogen (secondary N) is 1. The third kappa shape index (κ3) is 3.79. The highest BCUT2D eigenvalue weighted by atomic mass is 35.5. The molecule has 0 aliphatic heterocycles. The topological polar surface area (TPSA) is 62.2 Å². The van der Waals surface area contributed by atoms with E-state index in [1.807, 2.05) is 31.2 Å². The van der Waals surface area contributed by atoms with Crippen LogP contribution in [0.5, 0.6) is 0 Å². The summed E-state index contributed by atoms with van der Waals surface area (Å²) in [6, 6.07) is 11.1. The van der Waals surface area contributed by atoms with Gasteiger partial charge in [-0.25, -0.2) is 4.79 Å². The van der Waals surface area contributed by atoms with Gasteiger partial charge < -0.3 is 10.4 Å². The van der Waals surface area contributed by atoms with Crippen molar-refractivity contribution in [3.05, 3.63) is 64.4 Å². The van der Waals surface area contributed by atoms with Crippen molar-refractivity contribution < 1.29 is 9.90 Å². The van der Waals surface area contributed by atoms with E-state index in [2.05, 4.69) is 10.3 Å². The van der Waals surface area contributed by atoms with Crippen molar-refractivity contribution in [2.45, 2.75) is 19.5 Å². The summed E-state index contributed by atoms with van der Waals surface area (Å²) in [6.45, 7) is 2.60. The highest BCUT2D eigenvalue weighted by molar-refractivity contribution is 6.30. The van der Waals surface area contributed by atoms with E-state index in [1.54, 1.807) is 12.1 Å². The first kappa shape index (κ1) is 14.5. The number of benzene rings is 1. The second-order valence-corrected chi connectivity index (χ2v) is 4.94. The molecule has 1 aromatic heterocycles. The number of hydrogen-bond acceptors (Lipinski definition) is 3. The molecule has 0 spiro atoms. The quantitative estimate of drug-likeness (QED) is 0.887. The summed E-state index contributed by atoms with van der Waals surface area (Å²) < 4.78 is 0. The number of hydrogen-bond donors (Lipinski definition) is 2. The summed E-state index contributed by atoms with van der Waals surface area (Å²) in [4.78, 5) is 14.8. The minimum Gasteiger partial charge on any atom is -0.478 e. The second kappa shape index (κ2) is 6.50. The summed E-state index contributed by atoms with van der Waals surface area (Å²) in [6.07, 6.45) is 1.36. The van der Waals surface area contributed by atoms with Gasteiger partial charge >= 0.3 is 5.97 Å². The largest absolute Gasteiger partial charge is 0.478 e. The third-order valence-corrected chi connectivity index (χ3v) is 3.24. The van der Waals surface area contributed by atoms with Crippen LogP contribution in [0.4, 0.5) is 0 Å². The Morgan fingerprint density at radius 2 is 2.20 bits per heavy atom. The lowest BCUT2D eigenvalue weighted by atomic mass is 10.1. The maximum Gasteiger partial charge on any atom is 0.337 e. The molecular weight excluding hydrogens is 276 g/mol. The third-order valence-electron chi connectivity index (χ3n) is 3.01. The average Bonchev–Trinajstić information content (AvgIpc) is 2.45. The number of pyridine rings is 1. The first-order chi connectivity index (χ1) is 9.56.